The molecule has 1 heterocycles. The molecule has 1 aromatic heterocycles. The molecule has 0 aromatic carbocycles. The number of halogens is 1. The van der Waals surface area contributed by atoms with Crippen LogP contribution < -0.4 is 0 Å². The Labute approximate surface area is 95.9 Å². The van der Waals surface area contributed by atoms with E-state index in [9.17, 15) is 0 Å². The lowest BCUT2D eigenvalue weighted by atomic mass is 10.3. The van der Waals surface area contributed by atoms with E-state index in [4.69, 9.17) is 11.6 Å². The first-order chi connectivity index (χ1) is 7.08. The molecule has 4 nitrogen and oxygen atoms in total. The van der Waals surface area contributed by atoms with Crippen molar-refractivity contribution in [3.05, 3.63) is 23.0 Å². The minimum atomic E-state index is 0.440. The van der Waals surface area contributed by atoms with Gasteiger partial charge in [-0.15, -0.1) is 5.10 Å². The highest BCUT2D eigenvalue weighted by molar-refractivity contribution is 6.29. The Kier molecular flexibility index (Phi) is 4.94. The summed E-state index contributed by atoms with van der Waals surface area (Å²) in [5, 5.41) is 8.25. The summed E-state index contributed by atoms with van der Waals surface area (Å²) in [5.74, 6) is 0. The number of hydrogen-bond donors (Lipinski definition) is 0. The molecule has 0 radical (unpaired) electrons. The molecule has 0 aliphatic carbocycles. The summed E-state index contributed by atoms with van der Waals surface area (Å²) in [5.41, 5.74) is 0.945. The van der Waals surface area contributed by atoms with Crippen LogP contribution in [-0.2, 0) is 6.54 Å². The van der Waals surface area contributed by atoms with E-state index in [-0.39, 0.29) is 0 Å². The fourth-order valence-electron chi connectivity index (χ4n) is 1.15. The fourth-order valence-corrected chi connectivity index (χ4v) is 1.26. The summed E-state index contributed by atoms with van der Waals surface area (Å²) < 4.78 is 0. The Bertz CT molecular complexity index is 286. The predicted molar refractivity (Wildman–Crippen MR) is 61.9 cm³/mol. The lowest BCUT2D eigenvalue weighted by molar-refractivity contribution is 0.273. The molecule has 0 spiro atoms. The molecule has 0 N–H and O–H groups in total. The van der Waals surface area contributed by atoms with Crippen molar-refractivity contribution in [1.82, 2.24) is 20.0 Å². The highest BCUT2D eigenvalue weighted by atomic mass is 35.5. The minimum Gasteiger partial charge on any atom is -0.308 e. The Hall–Kier alpha value is -0.710. The molecule has 0 atom stereocenters. The maximum atomic E-state index is 5.66. The van der Waals surface area contributed by atoms with Gasteiger partial charge in [0.1, 0.15) is 0 Å². The average Bonchev–Trinajstić information content (AvgIpc) is 2.19. The maximum absolute atomic E-state index is 5.66. The normalized spacial score (nSPS) is 11.3. The van der Waals surface area contributed by atoms with Crippen LogP contribution in [0.15, 0.2) is 12.1 Å². The van der Waals surface area contributed by atoms with Crippen LogP contribution in [0.5, 0.6) is 0 Å². The van der Waals surface area contributed by atoms with Gasteiger partial charge in [0, 0.05) is 19.6 Å². The second-order valence-electron chi connectivity index (χ2n) is 3.89. The van der Waals surface area contributed by atoms with E-state index in [1.54, 1.807) is 6.07 Å². The van der Waals surface area contributed by atoms with Crippen molar-refractivity contribution >= 4 is 11.6 Å². The summed E-state index contributed by atoms with van der Waals surface area (Å²) in [6, 6.07) is 3.67. The van der Waals surface area contributed by atoms with Gasteiger partial charge in [0.25, 0.3) is 0 Å². The molecule has 84 valence electrons. The van der Waals surface area contributed by atoms with E-state index in [1.807, 2.05) is 6.07 Å². The van der Waals surface area contributed by atoms with Gasteiger partial charge in [-0.25, -0.2) is 0 Å². The van der Waals surface area contributed by atoms with E-state index in [0.717, 1.165) is 25.3 Å². The van der Waals surface area contributed by atoms with Gasteiger partial charge in [-0.3, -0.25) is 4.90 Å². The standard InChI is InChI=1S/C10H17ClN4/c1-14(2)6-7-15(3)8-9-4-5-10(11)13-12-9/h4-5H,6-8H2,1-3H3. The highest BCUT2D eigenvalue weighted by Gasteiger charge is 2.02. The third-order valence-corrected chi connectivity index (χ3v) is 2.25. The molecule has 0 fully saturated rings. The van der Waals surface area contributed by atoms with E-state index in [1.165, 1.54) is 0 Å². The van der Waals surface area contributed by atoms with Gasteiger partial charge in [-0.1, -0.05) is 11.6 Å². The summed E-state index contributed by atoms with van der Waals surface area (Å²) in [7, 11) is 6.20. The zero-order chi connectivity index (χ0) is 11.3. The molecule has 1 rings (SSSR count). The van der Waals surface area contributed by atoms with Gasteiger partial charge in [0.05, 0.1) is 5.69 Å². The number of aromatic nitrogens is 2. The van der Waals surface area contributed by atoms with Crippen molar-refractivity contribution in [2.45, 2.75) is 6.54 Å². The maximum Gasteiger partial charge on any atom is 0.151 e. The second-order valence-corrected chi connectivity index (χ2v) is 4.28. The summed E-state index contributed by atoms with van der Waals surface area (Å²) in [6.07, 6.45) is 0. The van der Waals surface area contributed by atoms with Crippen LogP contribution in [0.2, 0.25) is 5.15 Å². The summed E-state index contributed by atoms with van der Waals surface area (Å²) >= 11 is 5.66. The van der Waals surface area contributed by atoms with Gasteiger partial charge in [0.15, 0.2) is 5.15 Å². The molecule has 0 saturated heterocycles. The van der Waals surface area contributed by atoms with Crippen molar-refractivity contribution in [3.8, 4) is 0 Å². The van der Waals surface area contributed by atoms with Crippen molar-refractivity contribution in [3.63, 3.8) is 0 Å². The Morgan fingerprint density at radius 3 is 2.40 bits per heavy atom. The molecule has 0 aliphatic rings. The monoisotopic (exact) mass is 228 g/mol. The van der Waals surface area contributed by atoms with E-state index < -0.39 is 0 Å². The van der Waals surface area contributed by atoms with Crippen LogP contribution >= 0.6 is 11.6 Å². The topological polar surface area (TPSA) is 32.3 Å². The molecule has 0 aliphatic heterocycles. The lowest BCUT2D eigenvalue weighted by Crippen LogP contribution is -2.28. The van der Waals surface area contributed by atoms with E-state index in [2.05, 4.69) is 41.1 Å². The molecule has 15 heavy (non-hydrogen) atoms. The van der Waals surface area contributed by atoms with Crippen LogP contribution in [0.1, 0.15) is 5.69 Å². The van der Waals surface area contributed by atoms with Crippen LogP contribution in [0, 0.1) is 0 Å². The van der Waals surface area contributed by atoms with E-state index in [0.29, 0.717) is 5.15 Å². The first-order valence-electron chi connectivity index (χ1n) is 4.89. The van der Waals surface area contributed by atoms with Crippen molar-refractivity contribution in [1.29, 1.82) is 0 Å². The van der Waals surface area contributed by atoms with Crippen molar-refractivity contribution < 1.29 is 0 Å². The number of rotatable bonds is 5. The SMILES string of the molecule is CN(C)CCN(C)Cc1ccc(Cl)nn1. The largest absolute Gasteiger partial charge is 0.308 e. The molecule has 5 heteroatoms. The predicted octanol–water partition coefficient (Wildman–Crippen LogP) is 1.12. The van der Waals surface area contributed by atoms with Crippen molar-refractivity contribution in [2.24, 2.45) is 0 Å². The molecule has 0 amide bonds. The molecule has 0 unspecified atom stereocenters. The zero-order valence-electron chi connectivity index (χ0n) is 9.44. The molecule has 0 saturated carbocycles. The minimum absolute atomic E-state index is 0.440. The number of likely N-dealkylation sites (N-methyl/N-ethyl adjacent to an activating group) is 2. The van der Waals surface area contributed by atoms with Gasteiger partial charge in [-0.05, 0) is 33.3 Å². The summed E-state index contributed by atoms with van der Waals surface area (Å²) in [4.78, 5) is 4.36. The first kappa shape index (κ1) is 12.4. The molecular formula is C10H17ClN4. The molecule has 0 bridgehead atoms. The third kappa shape index (κ3) is 5.06. The van der Waals surface area contributed by atoms with Gasteiger partial charge in [-0.2, -0.15) is 5.10 Å². The third-order valence-electron chi connectivity index (χ3n) is 2.05. The summed E-state index contributed by atoms with van der Waals surface area (Å²) in [6.45, 7) is 2.85. The molecular weight excluding hydrogens is 212 g/mol. The smallest absolute Gasteiger partial charge is 0.151 e. The van der Waals surface area contributed by atoms with Crippen LogP contribution in [0.4, 0.5) is 0 Å². The zero-order valence-corrected chi connectivity index (χ0v) is 10.2. The first-order valence-corrected chi connectivity index (χ1v) is 5.27. The molecule has 1 aromatic rings. The lowest BCUT2D eigenvalue weighted by Gasteiger charge is -2.18. The Morgan fingerprint density at radius 2 is 1.87 bits per heavy atom. The van der Waals surface area contributed by atoms with E-state index >= 15 is 0 Å². The number of hydrogen-bond acceptors (Lipinski definition) is 4. The van der Waals surface area contributed by atoms with Gasteiger partial charge < -0.3 is 4.90 Å². The van der Waals surface area contributed by atoms with Crippen LogP contribution in [0.3, 0.4) is 0 Å². The quantitative estimate of drug-likeness (QED) is 0.756. The second kappa shape index (κ2) is 6.00. The van der Waals surface area contributed by atoms with Gasteiger partial charge >= 0.3 is 0 Å². The van der Waals surface area contributed by atoms with Crippen molar-refractivity contribution in [2.75, 3.05) is 34.2 Å². The Morgan fingerprint density at radius 1 is 1.13 bits per heavy atom. The van der Waals surface area contributed by atoms with Crippen LogP contribution in [-0.4, -0.2) is 54.2 Å². The Balaban J connectivity index is 2.37. The van der Waals surface area contributed by atoms with Gasteiger partial charge in [0.2, 0.25) is 0 Å². The number of nitrogens with zero attached hydrogens (tertiary/aromatic N) is 4. The fraction of sp³-hybridized carbons (Fsp3) is 0.600. The van der Waals surface area contributed by atoms with Crippen LogP contribution in [0.25, 0.3) is 0 Å². The average molecular weight is 229 g/mol. The highest BCUT2D eigenvalue weighted by Crippen LogP contribution is 2.03.